The van der Waals surface area contributed by atoms with Crippen molar-refractivity contribution in [3.05, 3.63) is 64.2 Å². The van der Waals surface area contributed by atoms with Gasteiger partial charge in [0.25, 0.3) is 0 Å². The first-order chi connectivity index (χ1) is 12.6. The molecule has 4 rings (SSSR count). The quantitative estimate of drug-likeness (QED) is 0.665. The van der Waals surface area contributed by atoms with E-state index in [2.05, 4.69) is 31.3 Å². The zero-order valence-corrected chi connectivity index (χ0v) is 15.3. The number of furan rings is 1. The molecule has 1 aromatic carbocycles. The molecule has 2 heterocycles. The first-order valence-electron chi connectivity index (χ1n) is 8.99. The minimum Gasteiger partial charge on any atom is -0.460 e. The molecule has 0 N–H and O–H groups in total. The molecule has 0 aliphatic heterocycles. The molecule has 0 saturated carbocycles. The van der Waals surface area contributed by atoms with Gasteiger partial charge in [-0.1, -0.05) is 24.3 Å². The molecular formula is C21H22N2O3. The Kier molecular flexibility index (Phi) is 4.15. The van der Waals surface area contributed by atoms with Crippen molar-refractivity contribution in [3.8, 4) is 11.3 Å². The van der Waals surface area contributed by atoms with E-state index in [1.54, 1.807) is 6.92 Å². The van der Waals surface area contributed by atoms with Crippen LogP contribution in [0.3, 0.4) is 0 Å². The molecule has 5 heteroatoms. The lowest BCUT2D eigenvalue weighted by Gasteiger charge is -2.09. The van der Waals surface area contributed by atoms with Crippen LogP contribution in [-0.2, 0) is 24.1 Å². The van der Waals surface area contributed by atoms with Crippen LogP contribution in [0.5, 0.6) is 0 Å². The summed E-state index contributed by atoms with van der Waals surface area (Å²) in [4.78, 5) is 12.1. The van der Waals surface area contributed by atoms with Gasteiger partial charge in [-0.2, -0.15) is 5.10 Å². The smallest absolute Gasteiger partial charge is 0.374 e. The number of carbonyl (C=O) groups is 1. The van der Waals surface area contributed by atoms with Crippen molar-refractivity contribution in [3.63, 3.8) is 0 Å². The van der Waals surface area contributed by atoms with Gasteiger partial charge in [0.15, 0.2) is 0 Å². The van der Waals surface area contributed by atoms with Gasteiger partial charge in [-0.05, 0) is 43.9 Å². The summed E-state index contributed by atoms with van der Waals surface area (Å²) in [6.45, 7) is 6.88. The third kappa shape index (κ3) is 2.73. The van der Waals surface area contributed by atoms with Crippen molar-refractivity contribution in [1.82, 2.24) is 9.78 Å². The van der Waals surface area contributed by atoms with Crippen LogP contribution in [0.1, 0.15) is 45.5 Å². The number of fused-ring (bicyclic) bond motifs is 3. The third-order valence-electron chi connectivity index (χ3n) is 4.97. The molecule has 134 valence electrons. The Balaban J connectivity index is 1.71. The van der Waals surface area contributed by atoms with Gasteiger partial charge in [-0.3, -0.25) is 4.68 Å². The highest BCUT2D eigenvalue weighted by molar-refractivity contribution is 5.91. The second-order valence-corrected chi connectivity index (χ2v) is 6.70. The van der Waals surface area contributed by atoms with Crippen molar-refractivity contribution in [1.29, 1.82) is 0 Å². The Hall–Kier alpha value is -2.82. The number of ether oxygens (including phenoxy) is 1. The largest absolute Gasteiger partial charge is 0.460 e. The van der Waals surface area contributed by atoms with Crippen LogP contribution in [0, 0.1) is 13.8 Å². The summed E-state index contributed by atoms with van der Waals surface area (Å²) in [6, 6.07) is 8.34. The van der Waals surface area contributed by atoms with E-state index >= 15 is 0 Å². The second kappa shape index (κ2) is 6.48. The van der Waals surface area contributed by atoms with Gasteiger partial charge < -0.3 is 9.15 Å². The van der Waals surface area contributed by atoms with Gasteiger partial charge in [0.1, 0.15) is 5.76 Å². The summed E-state index contributed by atoms with van der Waals surface area (Å²) < 4.78 is 12.9. The van der Waals surface area contributed by atoms with E-state index in [4.69, 9.17) is 14.3 Å². The van der Waals surface area contributed by atoms with E-state index in [0.29, 0.717) is 12.4 Å². The fraction of sp³-hybridized carbons (Fsp3) is 0.333. The van der Waals surface area contributed by atoms with Crippen molar-refractivity contribution in [2.45, 2.75) is 40.2 Å². The van der Waals surface area contributed by atoms with E-state index in [1.165, 1.54) is 16.7 Å². The minimum atomic E-state index is -0.403. The number of benzene rings is 1. The van der Waals surface area contributed by atoms with E-state index in [-0.39, 0.29) is 0 Å². The number of carbonyl (C=O) groups excluding carboxylic acids is 1. The predicted molar refractivity (Wildman–Crippen MR) is 98.3 cm³/mol. The Bertz CT molecular complexity index is 981. The average molecular weight is 350 g/mol. The molecular weight excluding hydrogens is 328 g/mol. The van der Waals surface area contributed by atoms with Gasteiger partial charge in [0, 0.05) is 23.7 Å². The fourth-order valence-corrected chi connectivity index (χ4v) is 3.60. The van der Waals surface area contributed by atoms with Gasteiger partial charge in [0.05, 0.1) is 18.8 Å². The number of nitrogens with zero attached hydrogens (tertiary/aromatic N) is 2. The van der Waals surface area contributed by atoms with E-state index in [0.717, 1.165) is 42.0 Å². The molecule has 0 atom stereocenters. The highest BCUT2D eigenvalue weighted by Gasteiger charge is 2.30. The lowest BCUT2D eigenvalue weighted by Crippen LogP contribution is -2.05. The van der Waals surface area contributed by atoms with Crippen LogP contribution in [0.15, 0.2) is 34.9 Å². The van der Waals surface area contributed by atoms with Gasteiger partial charge in [-0.15, -0.1) is 0 Å². The van der Waals surface area contributed by atoms with E-state index < -0.39 is 5.97 Å². The van der Waals surface area contributed by atoms with Gasteiger partial charge in [0.2, 0.25) is 5.76 Å². The molecule has 2 aromatic heterocycles. The van der Waals surface area contributed by atoms with Gasteiger partial charge >= 0.3 is 5.97 Å². The molecule has 1 aliphatic rings. The molecule has 5 nitrogen and oxygen atoms in total. The molecule has 0 saturated heterocycles. The van der Waals surface area contributed by atoms with E-state index in [9.17, 15) is 4.79 Å². The van der Waals surface area contributed by atoms with Crippen molar-refractivity contribution >= 4 is 5.97 Å². The summed E-state index contributed by atoms with van der Waals surface area (Å²) >= 11 is 0. The molecule has 26 heavy (non-hydrogen) atoms. The molecule has 0 bridgehead atoms. The Morgan fingerprint density at radius 3 is 2.85 bits per heavy atom. The Morgan fingerprint density at radius 1 is 1.27 bits per heavy atom. The minimum absolute atomic E-state index is 0.304. The van der Waals surface area contributed by atoms with Crippen LogP contribution in [-0.4, -0.2) is 22.4 Å². The average Bonchev–Trinajstić information content (AvgIpc) is 3.17. The van der Waals surface area contributed by atoms with Crippen LogP contribution < -0.4 is 0 Å². The maximum Gasteiger partial charge on any atom is 0.374 e. The summed E-state index contributed by atoms with van der Waals surface area (Å²) in [5.41, 5.74) is 6.41. The monoisotopic (exact) mass is 350 g/mol. The summed E-state index contributed by atoms with van der Waals surface area (Å²) in [5.74, 6) is 0.734. The number of hydrogen-bond donors (Lipinski definition) is 0. The highest BCUT2D eigenvalue weighted by Crippen LogP contribution is 2.38. The fourth-order valence-electron chi connectivity index (χ4n) is 3.60. The molecule has 0 unspecified atom stereocenters. The molecule has 3 aromatic rings. The Morgan fingerprint density at radius 2 is 2.08 bits per heavy atom. The number of aryl methyl sites for hydroxylation is 3. The third-order valence-corrected chi connectivity index (χ3v) is 4.97. The zero-order valence-electron chi connectivity index (χ0n) is 15.3. The lowest BCUT2D eigenvalue weighted by atomic mass is 9.94. The summed E-state index contributed by atoms with van der Waals surface area (Å²) in [7, 11) is 0. The van der Waals surface area contributed by atoms with Crippen molar-refractivity contribution in [2.24, 2.45) is 0 Å². The number of aromatic nitrogens is 2. The standard InChI is InChI=1S/C21H22N2O3/c1-4-25-21(24)20-14(3)18-17(26-20)10-9-16-12-23(22-19(16)18)11-15-8-6-5-7-13(15)2/h5-8,12H,4,9-11H2,1-3H3. The highest BCUT2D eigenvalue weighted by atomic mass is 16.5. The predicted octanol–water partition coefficient (Wildman–Crippen LogP) is 4.08. The maximum absolute atomic E-state index is 12.1. The molecule has 1 aliphatic carbocycles. The van der Waals surface area contributed by atoms with Crippen molar-refractivity contribution < 1.29 is 13.9 Å². The summed E-state index contributed by atoms with van der Waals surface area (Å²) in [6.07, 6.45) is 3.76. The number of hydrogen-bond acceptors (Lipinski definition) is 4. The normalized spacial score (nSPS) is 12.6. The van der Waals surface area contributed by atoms with Crippen LogP contribution in [0.4, 0.5) is 0 Å². The number of rotatable bonds is 4. The first-order valence-corrected chi connectivity index (χ1v) is 8.99. The SMILES string of the molecule is CCOC(=O)c1oc2c(c1C)-c1nn(Cc3ccccc3C)cc1CC2. The Labute approximate surface area is 152 Å². The number of esters is 1. The molecule has 0 radical (unpaired) electrons. The maximum atomic E-state index is 12.1. The van der Waals surface area contributed by atoms with Crippen LogP contribution in [0.25, 0.3) is 11.3 Å². The van der Waals surface area contributed by atoms with E-state index in [1.807, 2.05) is 17.7 Å². The summed E-state index contributed by atoms with van der Waals surface area (Å²) in [5, 5.41) is 4.81. The topological polar surface area (TPSA) is 57.3 Å². The van der Waals surface area contributed by atoms with Crippen LogP contribution in [0.2, 0.25) is 0 Å². The molecule has 0 amide bonds. The van der Waals surface area contributed by atoms with Crippen LogP contribution >= 0.6 is 0 Å². The first kappa shape index (κ1) is 16.6. The lowest BCUT2D eigenvalue weighted by molar-refractivity contribution is 0.0487. The second-order valence-electron chi connectivity index (χ2n) is 6.70. The van der Waals surface area contributed by atoms with Crippen molar-refractivity contribution in [2.75, 3.05) is 6.61 Å². The zero-order chi connectivity index (χ0) is 18.3. The molecule has 0 fully saturated rings. The molecule has 0 spiro atoms. The van der Waals surface area contributed by atoms with Gasteiger partial charge in [-0.25, -0.2) is 4.79 Å².